The van der Waals surface area contributed by atoms with Crippen molar-refractivity contribution in [1.29, 1.82) is 0 Å². The molecular weight excluding hydrogens is 348 g/mol. The van der Waals surface area contributed by atoms with Gasteiger partial charge in [0.05, 0.1) is 5.56 Å². The Morgan fingerprint density at radius 3 is 2.43 bits per heavy atom. The molecule has 2 aromatic carbocycles. The predicted molar refractivity (Wildman–Crippen MR) is 112 cm³/mol. The third-order valence-corrected chi connectivity index (χ3v) is 5.09. The Labute approximate surface area is 165 Å². The Bertz CT molecular complexity index is 954. The fraction of sp³-hybridized carbons (Fsp3) is 0.261. The first-order valence-electron chi connectivity index (χ1n) is 9.66. The second-order valence-corrected chi connectivity index (χ2v) is 7.31. The maximum absolute atomic E-state index is 12.9. The molecule has 1 aliphatic heterocycles. The minimum absolute atomic E-state index is 0.0457. The van der Waals surface area contributed by atoms with Gasteiger partial charge in [-0.3, -0.25) is 4.79 Å². The van der Waals surface area contributed by atoms with Crippen molar-refractivity contribution in [1.82, 2.24) is 9.97 Å². The number of carbonyl (C=O) groups excluding carboxylic acids is 1. The lowest BCUT2D eigenvalue weighted by atomic mass is 10.2. The van der Waals surface area contributed by atoms with Crippen LogP contribution >= 0.6 is 0 Å². The van der Waals surface area contributed by atoms with Crippen LogP contribution in [0.5, 0.6) is 0 Å². The molecule has 2 heterocycles. The van der Waals surface area contributed by atoms with E-state index in [4.69, 9.17) is 0 Å². The van der Waals surface area contributed by atoms with E-state index in [9.17, 15) is 4.79 Å². The number of carbonyl (C=O) groups is 1. The molecule has 28 heavy (non-hydrogen) atoms. The molecule has 142 valence electrons. The lowest BCUT2D eigenvalue weighted by molar-refractivity contribution is 0.0988. The minimum Gasteiger partial charge on any atom is -0.334 e. The second kappa shape index (κ2) is 7.80. The lowest BCUT2D eigenvalue weighted by Gasteiger charge is -2.27. The van der Waals surface area contributed by atoms with E-state index in [0.717, 1.165) is 18.7 Å². The lowest BCUT2D eigenvalue weighted by Crippen LogP contribution is -2.32. The SMILES string of the molecule is CC(C)N(Cc1ccccc1)c1ncc(C(=O)N2CCc3ccccc32)cn1. The fourth-order valence-corrected chi connectivity index (χ4v) is 3.55. The monoisotopic (exact) mass is 372 g/mol. The van der Waals surface area contributed by atoms with Gasteiger partial charge in [-0.1, -0.05) is 48.5 Å². The zero-order valence-corrected chi connectivity index (χ0v) is 16.2. The summed E-state index contributed by atoms with van der Waals surface area (Å²) in [5, 5.41) is 0. The number of hydrogen-bond acceptors (Lipinski definition) is 4. The van der Waals surface area contributed by atoms with Gasteiger partial charge < -0.3 is 9.80 Å². The summed E-state index contributed by atoms with van der Waals surface area (Å²) in [4.78, 5) is 25.9. The summed E-state index contributed by atoms with van der Waals surface area (Å²) < 4.78 is 0. The number of amides is 1. The van der Waals surface area contributed by atoms with Crippen LogP contribution in [0.1, 0.15) is 35.3 Å². The third kappa shape index (κ3) is 3.60. The Kier molecular flexibility index (Phi) is 5.06. The molecule has 0 atom stereocenters. The van der Waals surface area contributed by atoms with Crippen LogP contribution in [0, 0.1) is 0 Å². The molecule has 0 unspecified atom stereocenters. The van der Waals surface area contributed by atoms with E-state index in [2.05, 4.69) is 46.9 Å². The number of rotatable bonds is 5. The topological polar surface area (TPSA) is 49.3 Å². The average Bonchev–Trinajstić information content (AvgIpc) is 3.16. The molecule has 0 saturated heterocycles. The Morgan fingerprint density at radius 1 is 1.04 bits per heavy atom. The van der Waals surface area contributed by atoms with Crippen LogP contribution in [0.2, 0.25) is 0 Å². The molecule has 5 nitrogen and oxygen atoms in total. The average molecular weight is 372 g/mol. The largest absolute Gasteiger partial charge is 0.334 e. The molecule has 0 fully saturated rings. The van der Waals surface area contributed by atoms with E-state index in [0.29, 0.717) is 18.1 Å². The van der Waals surface area contributed by atoms with Crippen LogP contribution in [-0.4, -0.2) is 28.5 Å². The van der Waals surface area contributed by atoms with Gasteiger partial charge in [-0.25, -0.2) is 9.97 Å². The molecular formula is C23H24N4O. The summed E-state index contributed by atoms with van der Waals surface area (Å²) in [5.74, 6) is 0.591. The number of benzene rings is 2. The van der Waals surface area contributed by atoms with E-state index < -0.39 is 0 Å². The molecule has 0 radical (unpaired) electrons. The first kappa shape index (κ1) is 18.2. The van der Waals surface area contributed by atoms with Crippen molar-refractivity contribution in [2.45, 2.75) is 32.9 Å². The maximum Gasteiger partial charge on any atom is 0.261 e. The standard InChI is InChI=1S/C23H24N4O/c1-17(2)27(16-18-8-4-3-5-9-18)23-24-14-20(15-25-23)22(28)26-13-12-19-10-6-7-11-21(19)26/h3-11,14-15,17H,12-13,16H2,1-2H3. The van der Waals surface area contributed by atoms with E-state index in [1.54, 1.807) is 12.4 Å². The quantitative estimate of drug-likeness (QED) is 0.677. The Morgan fingerprint density at radius 2 is 1.71 bits per heavy atom. The van der Waals surface area contributed by atoms with Crippen LogP contribution in [0.15, 0.2) is 67.0 Å². The molecule has 3 aromatic rings. The van der Waals surface area contributed by atoms with Crippen LogP contribution in [-0.2, 0) is 13.0 Å². The minimum atomic E-state index is -0.0457. The van der Waals surface area contributed by atoms with Crippen LogP contribution in [0.4, 0.5) is 11.6 Å². The van der Waals surface area contributed by atoms with Gasteiger partial charge in [0.15, 0.2) is 0 Å². The number of fused-ring (bicyclic) bond motifs is 1. The Balaban J connectivity index is 1.54. The molecule has 1 amide bonds. The van der Waals surface area contributed by atoms with Crippen molar-refractivity contribution >= 4 is 17.5 Å². The molecule has 1 aromatic heterocycles. The Hall–Kier alpha value is -3.21. The number of aromatic nitrogens is 2. The zero-order chi connectivity index (χ0) is 19.5. The van der Waals surface area contributed by atoms with Crippen molar-refractivity contribution in [3.63, 3.8) is 0 Å². The molecule has 1 aliphatic rings. The predicted octanol–water partition coefficient (Wildman–Crippen LogP) is 4.09. The molecule has 0 bridgehead atoms. The highest BCUT2D eigenvalue weighted by atomic mass is 16.2. The number of nitrogens with zero attached hydrogens (tertiary/aromatic N) is 4. The van der Waals surface area contributed by atoms with Gasteiger partial charge in [0.1, 0.15) is 0 Å². The summed E-state index contributed by atoms with van der Waals surface area (Å²) >= 11 is 0. The molecule has 0 N–H and O–H groups in total. The molecule has 5 heteroatoms. The van der Waals surface area contributed by atoms with E-state index >= 15 is 0 Å². The van der Waals surface area contributed by atoms with Gasteiger partial charge in [0.25, 0.3) is 5.91 Å². The van der Waals surface area contributed by atoms with Crippen molar-refractivity contribution in [3.05, 3.63) is 83.7 Å². The van der Waals surface area contributed by atoms with Crippen LogP contribution in [0.3, 0.4) is 0 Å². The van der Waals surface area contributed by atoms with Crippen LogP contribution in [0.25, 0.3) is 0 Å². The normalized spacial score (nSPS) is 12.9. The fourth-order valence-electron chi connectivity index (χ4n) is 3.55. The highest BCUT2D eigenvalue weighted by molar-refractivity contribution is 6.06. The van der Waals surface area contributed by atoms with Gasteiger partial charge in [0.2, 0.25) is 5.95 Å². The second-order valence-electron chi connectivity index (χ2n) is 7.31. The van der Waals surface area contributed by atoms with E-state index in [1.165, 1.54) is 11.1 Å². The molecule has 0 spiro atoms. The number of anilines is 2. The molecule has 4 rings (SSSR count). The molecule has 0 saturated carbocycles. The van der Waals surface area contributed by atoms with Crippen molar-refractivity contribution < 1.29 is 4.79 Å². The van der Waals surface area contributed by atoms with Gasteiger partial charge in [-0.15, -0.1) is 0 Å². The zero-order valence-electron chi connectivity index (χ0n) is 16.2. The van der Waals surface area contributed by atoms with Crippen LogP contribution < -0.4 is 9.80 Å². The summed E-state index contributed by atoms with van der Waals surface area (Å²) in [6.07, 6.45) is 4.18. The van der Waals surface area contributed by atoms with Gasteiger partial charge in [-0.05, 0) is 37.5 Å². The highest BCUT2D eigenvalue weighted by Crippen LogP contribution is 2.28. The summed E-state index contributed by atoms with van der Waals surface area (Å²) in [5.41, 5.74) is 3.92. The summed E-state index contributed by atoms with van der Waals surface area (Å²) in [6.45, 7) is 5.66. The maximum atomic E-state index is 12.9. The third-order valence-electron chi connectivity index (χ3n) is 5.09. The first-order valence-corrected chi connectivity index (χ1v) is 9.66. The summed E-state index contributed by atoms with van der Waals surface area (Å²) in [7, 11) is 0. The highest BCUT2D eigenvalue weighted by Gasteiger charge is 2.26. The smallest absolute Gasteiger partial charge is 0.261 e. The number of para-hydroxylation sites is 1. The van der Waals surface area contributed by atoms with Crippen molar-refractivity contribution in [2.24, 2.45) is 0 Å². The first-order chi connectivity index (χ1) is 13.6. The number of hydrogen-bond donors (Lipinski definition) is 0. The van der Waals surface area contributed by atoms with Crippen molar-refractivity contribution in [3.8, 4) is 0 Å². The van der Waals surface area contributed by atoms with Gasteiger partial charge in [-0.2, -0.15) is 0 Å². The van der Waals surface area contributed by atoms with Gasteiger partial charge in [0, 0.05) is 37.2 Å². The summed E-state index contributed by atoms with van der Waals surface area (Å²) in [6, 6.07) is 18.6. The molecule has 0 aliphatic carbocycles. The van der Waals surface area contributed by atoms with Gasteiger partial charge >= 0.3 is 0 Å². The van der Waals surface area contributed by atoms with E-state index in [-0.39, 0.29) is 11.9 Å². The van der Waals surface area contributed by atoms with E-state index in [1.807, 2.05) is 41.3 Å². The van der Waals surface area contributed by atoms with Crippen molar-refractivity contribution in [2.75, 3.05) is 16.3 Å².